The van der Waals surface area contributed by atoms with Gasteiger partial charge in [-0.05, 0) is 65.8 Å². The number of hydrogen-bond donors (Lipinski definition) is 1. The Hall–Kier alpha value is -4.78. The van der Waals surface area contributed by atoms with E-state index in [2.05, 4.69) is 136 Å². The molecule has 2 aromatic heterocycles. The number of benzene rings is 3. The van der Waals surface area contributed by atoms with Gasteiger partial charge in [0.05, 0.1) is 11.2 Å². The molecular formula is C42H41IrN4O3. The number of pyridine rings is 2. The van der Waals surface area contributed by atoms with Crippen molar-refractivity contribution in [3.05, 3.63) is 162 Å². The first-order valence-corrected chi connectivity index (χ1v) is 16.3. The Morgan fingerprint density at radius 3 is 2.26 bits per heavy atom. The minimum absolute atomic E-state index is 0. The maximum absolute atomic E-state index is 10.1. The number of aromatic nitrogens is 2. The maximum atomic E-state index is 10.1. The third-order valence-corrected chi connectivity index (χ3v) is 8.71. The van der Waals surface area contributed by atoms with Crippen molar-refractivity contribution in [3.8, 4) is 22.8 Å². The van der Waals surface area contributed by atoms with E-state index in [1.54, 1.807) is 12.1 Å². The van der Waals surface area contributed by atoms with Gasteiger partial charge in [0.1, 0.15) is 11.4 Å². The van der Waals surface area contributed by atoms with Gasteiger partial charge in [0.2, 0.25) is 0 Å². The van der Waals surface area contributed by atoms with Crippen molar-refractivity contribution in [1.82, 2.24) is 19.8 Å². The van der Waals surface area contributed by atoms with E-state index in [9.17, 15) is 4.79 Å². The molecule has 8 heteroatoms. The number of fused-ring (bicyclic) bond motifs is 2. The van der Waals surface area contributed by atoms with Crippen LogP contribution in [-0.2, 0) is 36.5 Å². The van der Waals surface area contributed by atoms with Crippen LogP contribution in [0.15, 0.2) is 110 Å². The molecule has 256 valence electrons. The Labute approximate surface area is 309 Å². The molecule has 0 saturated carbocycles. The molecule has 2 aliphatic rings. The molecule has 7 nitrogen and oxygen atoms in total. The monoisotopic (exact) mass is 842 g/mol. The van der Waals surface area contributed by atoms with Gasteiger partial charge < -0.3 is 19.6 Å². The molecule has 2 aliphatic heterocycles. The molecule has 0 aliphatic carbocycles. The second kappa shape index (κ2) is 14.2. The average molecular weight is 842 g/mol. The Balaban J connectivity index is 0.000000425. The summed E-state index contributed by atoms with van der Waals surface area (Å²) in [5, 5.41) is 8.32. The van der Waals surface area contributed by atoms with Gasteiger partial charge in [0.25, 0.3) is 0 Å². The normalized spacial score (nSPS) is 16.3. The molecular weight excluding hydrogens is 801 g/mol. The molecule has 7 rings (SSSR count). The van der Waals surface area contributed by atoms with Gasteiger partial charge in [0, 0.05) is 17.5 Å². The van der Waals surface area contributed by atoms with Crippen LogP contribution < -0.4 is 4.74 Å². The van der Waals surface area contributed by atoms with Crippen molar-refractivity contribution in [3.63, 3.8) is 0 Å². The summed E-state index contributed by atoms with van der Waals surface area (Å²) < 4.78 is 6.91. The molecule has 0 saturated heterocycles. The second-order valence-corrected chi connectivity index (χ2v) is 14.3. The summed E-state index contributed by atoms with van der Waals surface area (Å²) in [5.74, 6) is 0.707. The summed E-state index contributed by atoms with van der Waals surface area (Å²) in [6, 6.07) is 36.9. The Kier molecular flexibility index (Phi) is 10.4. The van der Waals surface area contributed by atoms with Gasteiger partial charge >= 0.3 is 26.1 Å². The summed E-state index contributed by atoms with van der Waals surface area (Å²) in [7, 11) is 2.05. The Morgan fingerprint density at radius 2 is 1.66 bits per heavy atom. The predicted molar refractivity (Wildman–Crippen MR) is 192 cm³/mol. The van der Waals surface area contributed by atoms with Gasteiger partial charge in [-0.25, -0.2) is 9.78 Å². The number of aromatic carboxylic acids is 1. The smallest absolute Gasteiger partial charge is 0.516 e. The summed E-state index contributed by atoms with van der Waals surface area (Å²) in [4.78, 5) is 23.4. The summed E-state index contributed by atoms with van der Waals surface area (Å²) in [6.45, 7) is 15.5. The van der Waals surface area contributed by atoms with Crippen LogP contribution in [0.2, 0.25) is 0 Å². The summed E-state index contributed by atoms with van der Waals surface area (Å²) in [6.07, 6.45) is 5.64. The topological polar surface area (TPSA) is 78.8 Å². The van der Waals surface area contributed by atoms with Crippen LogP contribution >= 0.6 is 0 Å². The number of carbonyl (C=O) groups is 1. The van der Waals surface area contributed by atoms with Crippen molar-refractivity contribution in [2.75, 3.05) is 7.05 Å². The molecule has 0 amide bonds. The number of hydrogen-bond acceptors (Lipinski definition) is 6. The van der Waals surface area contributed by atoms with Gasteiger partial charge in [-0.15, -0.1) is 41.5 Å². The standard InChI is InChI=1S/C36H36N3O.C6H5NO2.Ir/c1-34(2,3)26-19-20-27-31(23-26)40-33-28(35(4,5)6)15-11-16-29(33)36(27,39-22-21-38(7)24-39)32-18-12-17-30(37-32)25-13-9-8-10-14-25;8-6(9)5-3-1-2-4-7-5;/h8-13,15,17-24H,1-7H3;1-4H,(H,8,9);/q-3;;+3/t36-;;/m1../s1. The molecule has 5 aromatic rings. The van der Waals surface area contributed by atoms with Crippen LogP contribution in [-0.4, -0.2) is 37.9 Å². The SMILES string of the molecule is CN1C=CN([C@@]2(c3cccc(-c4[c-]cccc4)n3)c3[c-]ccc(C(C)(C)C)c3Oc3cc(C(C)(C)C)ccc32)[CH-]1.O=C(O)c1ccccn1.[Ir+3]. The Morgan fingerprint density at radius 1 is 0.880 bits per heavy atom. The maximum Gasteiger partial charge on any atom is 3.00 e. The third kappa shape index (κ3) is 6.96. The van der Waals surface area contributed by atoms with Gasteiger partial charge in [-0.3, -0.25) is 4.98 Å². The molecule has 0 spiro atoms. The fourth-order valence-electron chi connectivity index (χ4n) is 6.21. The quantitative estimate of drug-likeness (QED) is 0.181. The minimum atomic E-state index is -0.990. The fourth-order valence-corrected chi connectivity index (χ4v) is 6.21. The molecule has 1 N–H and O–H groups in total. The van der Waals surface area contributed by atoms with Gasteiger partial charge in [-0.1, -0.05) is 77.4 Å². The minimum Gasteiger partial charge on any atom is -0.516 e. The third-order valence-electron chi connectivity index (χ3n) is 8.71. The predicted octanol–water partition coefficient (Wildman–Crippen LogP) is 8.96. The van der Waals surface area contributed by atoms with E-state index in [0.29, 0.717) is 0 Å². The molecule has 0 radical (unpaired) electrons. The molecule has 3 aromatic carbocycles. The zero-order valence-corrected chi connectivity index (χ0v) is 31.8. The summed E-state index contributed by atoms with van der Waals surface area (Å²) >= 11 is 0. The first-order valence-electron chi connectivity index (χ1n) is 16.3. The largest absolute Gasteiger partial charge is 3.00 e. The molecule has 1 atom stereocenters. The van der Waals surface area contributed by atoms with E-state index in [0.717, 1.165) is 45.1 Å². The van der Waals surface area contributed by atoms with Crippen molar-refractivity contribution < 1.29 is 34.7 Å². The van der Waals surface area contributed by atoms with E-state index in [1.807, 2.05) is 31.3 Å². The molecule has 50 heavy (non-hydrogen) atoms. The fraction of sp³-hybridized carbons (Fsp3) is 0.238. The summed E-state index contributed by atoms with van der Waals surface area (Å²) in [5.41, 5.74) is 6.18. The second-order valence-electron chi connectivity index (χ2n) is 14.3. The van der Waals surface area contributed by atoms with Crippen LogP contribution in [0.3, 0.4) is 0 Å². The average Bonchev–Trinajstić information content (AvgIpc) is 3.53. The van der Waals surface area contributed by atoms with Crippen LogP contribution in [0.1, 0.15) is 80.0 Å². The number of nitrogens with zero attached hydrogens (tertiary/aromatic N) is 4. The molecule has 0 bridgehead atoms. The number of rotatable bonds is 4. The zero-order valence-electron chi connectivity index (χ0n) is 29.4. The van der Waals surface area contributed by atoms with E-state index in [1.165, 1.54) is 17.8 Å². The van der Waals surface area contributed by atoms with E-state index in [-0.39, 0.29) is 36.6 Å². The van der Waals surface area contributed by atoms with Crippen LogP contribution in [0.25, 0.3) is 11.3 Å². The van der Waals surface area contributed by atoms with Gasteiger partial charge in [-0.2, -0.15) is 24.9 Å². The van der Waals surface area contributed by atoms with Crippen LogP contribution in [0, 0.1) is 18.8 Å². The molecule has 0 fully saturated rings. The number of ether oxygens (including phenoxy) is 1. The Bertz CT molecular complexity index is 2000. The van der Waals surface area contributed by atoms with E-state index in [4.69, 9.17) is 14.8 Å². The van der Waals surface area contributed by atoms with Crippen molar-refractivity contribution in [2.45, 2.75) is 57.9 Å². The van der Waals surface area contributed by atoms with Crippen LogP contribution in [0.4, 0.5) is 0 Å². The van der Waals surface area contributed by atoms with Gasteiger partial charge in [0.15, 0.2) is 0 Å². The molecule has 4 heterocycles. The van der Waals surface area contributed by atoms with E-state index < -0.39 is 11.5 Å². The van der Waals surface area contributed by atoms with Crippen molar-refractivity contribution in [1.29, 1.82) is 0 Å². The number of carboxylic acids is 1. The van der Waals surface area contributed by atoms with Crippen LogP contribution in [0.5, 0.6) is 11.5 Å². The first kappa shape index (κ1) is 36.5. The first-order chi connectivity index (χ1) is 23.3. The number of carboxylic acid groups (broad SMARTS) is 1. The van der Waals surface area contributed by atoms with Crippen molar-refractivity contribution in [2.24, 2.45) is 0 Å². The molecule has 0 unspecified atom stereocenters. The zero-order chi connectivity index (χ0) is 35.0. The van der Waals surface area contributed by atoms with E-state index >= 15 is 0 Å². The van der Waals surface area contributed by atoms with Crippen molar-refractivity contribution >= 4 is 5.97 Å².